The lowest BCUT2D eigenvalue weighted by Gasteiger charge is -2.32. The summed E-state index contributed by atoms with van der Waals surface area (Å²) in [5.41, 5.74) is -0.498. The topological polar surface area (TPSA) is 89.9 Å². The maximum atomic E-state index is 13.6. The van der Waals surface area contributed by atoms with Gasteiger partial charge in [-0.05, 0) is 25.8 Å². The molecule has 1 fully saturated rings. The molecule has 1 aliphatic heterocycles. The molecule has 29 heavy (non-hydrogen) atoms. The molecule has 0 saturated carbocycles. The highest BCUT2D eigenvalue weighted by Gasteiger charge is 2.37. The van der Waals surface area contributed by atoms with Crippen LogP contribution in [0.2, 0.25) is 0 Å². The minimum absolute atomic E-state index is 0.0715. The summed E-state index contributed by atoms with van der Waals surface area (Å²) in [5, 5.41) is 7.48. The lowest BCUT2D eigenvalue weighted by molar-refractivity contribution is -0.136. The van der Waals surface area contributed by atoms with Crippen LogP contribution in [0.15, 0.2) is 23.2 Å². The van der Waals surface area contributed by atoms with Crippen molar-refractivity contribution in [2.75, 3.05) is 13.1 Å². The Morgan fingerprint density at radius 3 is 2.93 bits per heavy atom. The molecule has 11 heteroatoms. The van der Waals surface area contributed by atoms with E-state index < -0.39 is 11.7 Å². The molecule has 1 atom stereocenters. The molecule has 1 saturated heterocycles. The summed E-state index contributed by atoms with van der Waals surface area (Å²) in [4.78, 5) is 22.3. The van der Waals surface area contributed by atoms with Crippen molar-refractivity contribution in [3.63, 3.8) is 0 Å². The Morgan fingerprint density at radius 1 is 1.38 bits per heavy atom. The number of hydrogen-bond acceptors (Lipinski definition) is 6. The fourth-order valence-electron chi connectivity index (χ4n) is 3.71. The van der Waals surface area contributed by atoms with Gasteiger partial charge in [0, 0.05) is 25.4 Å². The number of nitrogens with zero attached hydrogens (tertiary/aromatic N) is 6. The molecule has 3 aromatic rings. The highest BCUT2D eigenvalue weighted by molar-refractivity contribution is 5.81. The van der Waals surface area contributed by atoms with Crippen LogP contribution in [0.25, 0.3) is 11.1 Å². The molecule has 0 radical (unpaired) electrons. The van der Waals surface area contributed by atoms with Crippen molar-refractivity contribution in [2.45, 2.75) is 44.8 Å². The summed E-state index contributed by atoms with van der Waals surface area (Å²) < 4.78 is 47.3. The van der Waals surface area contributed by atoms with E-state index in [0.717, 1.165) is 6.07 Å². The standard InChI is InChI=1S/C18H19F3N6O2/c1-11-16-13(18(19,20)21)7-14(24-17(16)29-25-11)12-3-2-5-26(8-12)15(28)4-6-27-10-22-9-23-27/h7,9-10,12H,2-6,8H2,1H3/t12-/m0/s1. The second kappa shape index (κ2) is 7.45. The Morgan fingerprint density at radius 2 is 2.21 bits per heavy atom. The van der Waals surface area contributed by atoms with Gasteiger partial charge in [0.15, 0.2) is 0 Å². The highest BCUT2D eigenvalue weighted by Crippen LogP contribution is 2.38. The summed E-state index contributed by atoms with van der Waals surface area (Å²) in [7, 11) is 0. The van der Waals surface area contributed by atoms with Crippen molar-refractivity contribution in [1.82, 2.24) is 29.8 Å². The number of piperidine rings is 1. The summed E-state index contributed by atoms with van der Waals surface area (Å²) in [6, 6.07) is 1.07. The molecular weight excluding hydrogens is 389 g/mol. The molecule has 4 heterocycles. The normalized spacial score (nSPS) is 17.8. The van der Waals surface area contributed by atoms with Crippen LogP contribution in [-0.4, -0.2) is 48.8 Å². The first-order chi connectivity index (χ1) is 13.8. The first-order valence-corrected chi connectivity index (χ1v) is 9.27. The van der Waals surface area contributed by atoms with Gasteiger partial charge in [-0.25, -0.2) is 9.97 Å². The smallest absolute Gasteiger partial charge is 0.342 e. The van der Waals surface area contributed by atoms with Crippen LogP contribution in [-0.2, 0) is 17.5 Å². The molecule has 4 rings (SSSR count). The molecule has 0 aliphatic carbocycles. The largest absolute Gasteiger partial charge is 0.417 e. The average Bonchev–Trinajstić information content (AvgIpc) is 3.35. The van der Waals surface area contributed by atoms with Crippen LogP contribution in [0, 0.1) is 6.92 Å². The van der Waals surface area contributed by atoms with Crippen molar-refractivity contribution in [1.29, 1.82) is 0 Å². The summed E-state index contributed by atoms with van der Waals surface area (Å²) in [6.07, 6.45) is -0.0337. The highest BCUT2D eigenvalue weighted by atomic mass is 19.4. The number of fused-ring (bicyclic) bond motifs is 1. The first-order valence-electron chi connectivity index (χ1n) is 9.27. The minimum Gasteiger partial charge on any atom is -0.342 e. The van der Waals surface area contributed by atoms with Gasteiger partial charge in [0.05, 0.1) is 28.9 Å². The van der Waals surface area contributed by atoms with Gasteiger partial charge >= 0.3 is 6.18 Å². The van der Waals surface area contributed by atoms with Crippen LogP contribution in [0.4, 0.5) is 13.2 Å². The second-order valence-electron chi connectivity index (χ2n) is 7.13. The van der Waals surface area contributed by atoms with Crippen LogP contribution >= 0.6 is 0 Å². The molecule has 0 aromatic carbocycles. The average molecular weight is 408 g/mol. The van der Waals surface area contributed by atoms with Gasteiger partial charge in [-0.2, -0.15) is 18.3 Å². The van der Waals surface area contributed by atoms with E-state index >= 15 is 0 Å². The Hall–Kier alpha value is -2.98. The van der Waals surface area contributed by atoms with E-state index in [1.54, 1.807) is 9.58 Å². The Balaban J connectivity index is 1.55. The van der Waals surface area contributed by atoms with Gasteiger partial charge < -0.3 is 9.42 Å². The molecule has 0 unspecified atom stereocenters. The van der Waals surface area contributed by atoms with Crippen molar-refractivity contribution in [2.24, 2.45) is 0 Å². The van der Waals surface area contributed by atoms with E-state index in [-0.39, 0.29) is 40.7 Å². The number of aryl methyl sites for hydroxylation is 2. The maximum absolute atomic E-state index is 13.6. The first kappa shape index (κ1) is 19.3. The summed E-state index contributed by atoms with van der Waals surface area (Å²) in [6.45, 7) is 2.75. The SMILES string of the molecule is Cc1noc2nc([C@H]3CCCN(C(=O)CCn4cncn4)C3)cc(C(F)(F)F)c12. The van der Waals surface area contributed by atoms with Crippen molar-refractivity contribution in [3.8, 4) is 0 Å². The Bertz CT molecular complexity index is 1010. The fourth-order valence-corrected chi connectivity index (χ4v) is 3.71. The van der Waals surface area contributed by atoms with E-state index in [4.69, 9.17) is 4.52 Å². The van der Waals surface area contributed by atoms with E-state index in [9.17, 15) is 18.0 Å². The van der Waals surface area contributed by atoms with Gasteiger partial charge in [-0.15, -0.1) is 0 Å². The number of carbonyl (C=O) groups is 1. The van der Waals surface area contributed by atoms with E-state index in [0.29, 0.717) is 32.5 Å². The predicted octanol–water partition coefficient (Wildman–Crippen LogP) is 2.94. The predicted molar refractivity (Wildman–Crippen MR) is 94.7 cm³/mol. The molecule has 3 aromatic heterocycles. The third-order valence-electron chi connectivity index (χ3n) is 5.16. The molecule has 0 N–H and O–H groups in total. The van der Waals surface area contributed by atoms with Gasteiger partial charge in [0.1, 0.15) is 12.7 Å². The minimum atomic E-state index is -4.55. The number of halogens is 3. The number of hydrogen-bond donors (Lipinski definition) is 0. The quantitative estimate of drug-likeness (QED) is 0.659. The monoisotopic (exact) mass is 408 g/mol. The summed E-state index contributed by atoms with van der Waals surface area (Å²) in [5.74, 6) is -0.368. The third kappa shape index (κ3) is 3.94. The van der Waals surface area contributed by atoms with Gasteiger partial charge in [-0.1, -0.05) is 5.16 Å². The number of aromatic nitrogens is 5. The number of alkyl halides is 3. The number of pyridine rings is 1. The second-order valence-corrected chi connectivity index (χ2v) is 7.13. The number of rotatable bonds is 4. The Kier molecular flexibility index (Phi) is 4.97. The van der Waals surface area contributed by atoms with Gasteiger partial charge in [0.2, 0.25) is 5.91 Å². The van der Waals surface area contributed by atoms with Crippen molar-refractivity contribution in [3.05, 3.63) is 35.7 Å². The molecule has 1 amide bonds. The molecule has 0 bridgehead atoms. The number of carbonyl (C=O) groups excluding carboxylic acids is 1. The number of likely N-dealkylation sites (tertiary alicyclic amines) is 1. The molecule has 154 valence electrons. The molecular formula is C18H19F3N6O2. The lowest BCUT2D eigenvalue weighted by atomic mass is 9.92. The van der Waals surface area contributed by atoms with Crippen molar-refractivity contribution < 1.29 is 22.5 Å². The molecule has 1 aliphatic rings. The molecule has 0 spiro atoms. The zero-order valence-electron chi connectivity index (χ0n) is 15.7. The maximum Gasteiger partial charge on any atom is 0.417 e. The number of amides is 1. The van der Waals surface area contributed by atoms with Crippen LogP contribution in [0.3, 0.4) is 0 Å². The fraction of sp³-hybridized carbons (Fsp3) is 0.500. The zero-order valence-corrected chi connectivity index (χ0v) is 15.7. The Labute approximate surface area is 163 Å². The third-order valence-corrected chi connectivity index (χ3v) is 5.16. The van der Waals surface area contributed by atoms with Crippen molar-refractivity contribution >= 4 is 17.0 Å². The van der Waals surface area contributed by atoms with E-state index in [1.807, 2.05) is 0 Å². The van der Waals surface area contributed by atoms with Crippen LogP contribution < -0.4 is 0 Å². The zero-order chi connectivity index (χ0) is 20.6. The summed E-state index contributed by atoms with van der Waals surface area (Å²) >= 11 is 0. The van der Waals surface area contributed by atoms with Crippen LogP contribution in [0.5, 0.6) is 0 Å². The van der Waals surface area contributed by atoms with Gasteiger partial charge in [-0.3, -0.25) is 9.48 Å². The van der Waals surface area contributed by atoms with Crippen LogP contribution in [0.1, 0.15) is 42.1 Å². The van der Waals surface area contributed by atoms with E-state index in [2.05, 4.69) is 20.2 Å². The molecule has 8 nitrogen and oxygen atoms in total. The lowest BCUT2D eigenvalue weighted by Crippen LogP contribution is -2.39. The van der Waals surface area contributed by atoms with Gasteiger partial charge in [0.25, 0.3) is 5.71 Å². The van der Waals surface area contributed by atoms with E-state index in [1.165, 1.54) is 19.6 Å².